The zero-order valence-corrected chi connectivity index (χ0v) is 105. The summed E-state index contributed by atoms with van der Waals surface area (Å²) >= 11 is 24.8. The number of rotatable bonds is 28. The van der Waals surface area contributed by atoms with Crippen LogP contribution >= 0.6 is 69.6 Å². The molecule has 0 fully saturated rings. The number of halogens is 6. The molecule has 0 saturated heterocycles. The summed E-state index contributed by atoms with van der Waals surface area (Å²) in [5.74, 6) is 42.0. The van der Waals surface area contributed by atoms with Crippen molar-refractivity contribution in [2.24, 2.45) is 5.14 Å². The minimum atomic E-state index is -4.02. The number of H-pyrrole nitrogens is 1. The van der Waals surface area contributed by atoms with Crippen molar-refractivity contribution in [3.8, 4) is 46.9 Å². The van der Waals surface area contributed by atoms with Gasteiger partial charge in [0.05, 0.1) is 28.5 Å². The van der Waals surface area contributed by atoms with Gasteiger partial charge in [-0.1, -0.05) is 59.6 Å². The molecule has 0 atom stereocenters. The summed E-state index contributed by atoms with van der Waals surface area (Å²) in [6, 6.07) is 36.3. The Morgan fingerprint density at radius 2 is 0.800 bits per heavy atom. The van der Waals surface area contributed by atoms with Gasteiger partial charge in [0.1, 0.15) is 15.9 Å². The van der Waals surface area contributed by atoms with Gasteiger partial charge in [0.15, 0.2) is 5.78 Å². The summed E-state index contributed by atoms with van der Waals surface area (Å²) in [5, 5.41) is 37.4. The molecule has 2 amide bonds. The van der Waals surface area contributed by atoms with Gasteiger partial charge in [-0.3, -0.25) is 9.69 Å². The minimum absolute atomic E-state index is 0.0255. The number of hydrogen-bond acceptors (Lipinski definition) is 29. The number of ether oxygens (including phenoxy) is 9. The van der Waals surface area contributed by atoms with Crippen molar-refractivity contribution in [2.45, 2.75) is 180 Å². The van der Waals surface area contributed by atoms with Gasteiger partial charge in [-0.2, -0.15) is 0 Å². The number of alkyl halides is 1. The van der Waals surface area contributed by atoms with E-state index in [2.05, 4.69) is 154 Å². The van der Waals surface area contributed by atoms with Crippen LogP contribution in [-0.4, -0.2) is 280 Å². The van der Waals surface area contributed by atoms with E-state index >= 15 is 0 Å². The molecule has 792 valence electrons. The van der Waals surface area contributed by atoms with E-state index in [0.717, 1.165) is 37.0 Å². The number of nitrogens with two attached hydrogens (primary N) is 1. The molecule has 0 bridgehead atoms. The Bertz CT molecular complexity index is 6300. The average molecular weight is 2540 g/mol. The predicted molar refractivity (Wildman–Crippen MR) is 579 cm³/mol. The number of nitrogens with one attached hydrogen (secondary N) is 2. The number of hydrogen-bond donors (Lipinski definition) is 4. The van der Waals surface area contributed by atoms with Crippen LogP contribution in [0, 0.1) is 0 Å². The van der Waals surface area contributed by atoms with Gasteiger partial charge in [-0.25, -0.2) is 36.5 Å². The molecule has 0 aliphatic carbocycles. The zero-order chi connectivity index (χ0) is 110. The number of aromatic carboxylic acids is 1. The van der Waals surface area contributed by atoms with Crippen LogP contribution < -0.4 is 33.5 Å². The second-order valence-electron chi connectivity index (χ2n) is 40.5. The molecule has 52 heteroatoms. The van der Waals surface area contributed by atoms with Crippen molar-refractivity contribution in [3.63, 3.8) is 0 Å². The zero-order valence-electron chi connectivity index (χ0n) is 86.2. The quantitative estimate of drug-likeness (QED) is 0.0116. The number of sulfonamides is 2. The van der Waals surface area contributed by atoms with Crippen LogP contribution in [0.15, 0.2) is 193 Å². The Labute approximate surface area is 893 Å². The predicted octanol–water partition coefficient (Wildman–Crippen LogP) is 20.4. The van der Waals surface area contributed by atoms with Crippen LogP contribution in [0.1, 0.15) is 96.8 Å². The first-order chi connectivity index (χ1) is 66.9. The first-order valence-electron chi connectivity index (χ1n) is 44.9. The first kappa shape index (κ1) is 128. The Balaban J connectivity index is 0.000000350. The van der Waals surface area contributed by atoms with E-state index < -0.39 is 147 Å². The van der Waals surface area contributed by atoms with Crippen LogP contribution in [0.4, 0.5) is 9.59 Å². The number of benzene rings is 2. The van der Waals surface area contributed by atoms with Crippen molar-refractivity contribution in [2.75, 3.05) is 51.7 Å². The SMILES string of the molecule is CC(C)(C)OC(=O)N1C=CC(=O)C1.CC(C)(C)OC(=O)n1ccc(O[CH2][Ge]([CH3])([CH3])[CH3])n1.CCOC(=O)c1ccc(-n2ccc(O[CH2][Ge]([CH3])([CH3])[CH3])n2)nc1Cl.CCOC(=O)c1ccc(Cl)nc1Cl.NS(=O)(=O)c1ccccc1.[CH3][Ge]([CH3])([CH3])[CH2]Cl.[CH3][Ge]([CH3])([CH3])[CH2]Oc1ccn(-c2ccc(C(=O)NS(=O)(=O)c3ccccc3)c(Cl)n2)n1.[CH3][Ge]([CH3])([CH3])[CH2]Oc1ccn(-c2ccc(C(=O)O)c(Cl)n2)n1.[CH3][Ge]([CH3])([CH3])[CH2]Oc1ccn[nH]1. The van der Waals surface area contributed by atoms with Crippen molar-refractivity contribution in [3.05, 3.63) is 231 Å². The molecule has 145 heavy (non-hydrogen) atoms. The number of carbonyl (C=O) groups is 7. The summed E-state index contributed by atoms with van der Waals surface area (Å²) in [5.41, 5.74) is 3.09. The van der Waals surface area contributed by atoms with E-state index in [0.29, 0.717) is 53.0 Å². The second-order valence-corrected chi connectivity index (χ2v) is 115. The average Bonchev–Trinajstić information content (AvgIpc) is 1.80. The molecule has 10 heterocycles. The van der Waals surface area contributed by atoms with Crippen LogP contribution in [0.2, 0.25) is 129 Å². The molecule has 9 aromatic heterocycles. The van der Waals surface area contributed by atoms with Crippen molar-refractivity contribution < 1.29 is 98.1 Å². The maximum atomic E-state index is 12.4. The maximum absolute atomic E-state index is 12.4. The number of carboxylic acid groups (broad SMARTS) is 1. The number of primary sulfonamides is 1. The molecular formula is C93H131Cl6Ge6N17O21S2. The first-order valence-corrected chi connectivity index (χ1v) is 97.0. The number of pyridine rings is 4. The Morgan fingerprint density at radius 3 is 1.12 bits per heavy atom. The second kappa shape index (κ2) is 58.8. The van der Waals surface area contributed by atoms with E-state index in [1.54, 1.807) is 149 Å². The van der Waals surface area contributed by atoms with E-state index in [9.17, 15) is 50.4 Å². The van der Waals surface area contributed by atoms with Gasteiger partial charge in [-0.15, -0.1) is 0 Å². The molecule has 0 radical (unpaired) electrons. The summed E-state index contributed by atoms with van der Waals surface area (Å²) in [6.45, 7) is 14.9. The molecular weight excluding hydrogens is 2400 g/mol. The fraction of sp³-hybridized carbons (Fsp3) is 0.398. The number of aromatic nitrogens is 14. The fourth-order valence-electron chi connectivity index (χ4n) is 9.57. The summed E-state index contributed by atoms with van der Waals surface area (Å²) in [4.78, 5) is 97.5. The third-order valence-corrected chi connectivity index (χ3v) is 36.3. The fourth-order valence-corrected chi connectivity index (χ4v) is 18.3. The Kier molecular flexibility index (Phi) is 52.0. The van der Waals surface area contributed by atoms with E-state index in [1.807, 2.05) is 31.6 Å². The Morgan fingerprint density at radius 1 is 0.448 bits per heavy atom. The van der Waals surface area contributed by atoms with Gasteiger partial charge in [0.2, 0.25) is 10.0 Å². The van der Waals surface area contributed by atoms with Crippen molar-refractivity contribution in [1.29, 1.82) is 0 Å². The molecule has 11 aromatic rings. The molecule has 12 rings (SSSR count). The van der Waals surface area contributed by atoms with Gasteiger partial charge in [0.25, 0.3) is 0 Å². The van der Waals surface area contributed by atoms with E-state index in [4.69, 9.17) is 122 Å². The van der Waals surface area contributed by atoms with Crippen molar-refractivity contribution >= 4 is 211 Å². The monoisotopic (exact) mass is 2540 g/mol. The summed E-state index contributed by atoms with van der Waals surface area (Å²) < 4.78 is 103. The molecule has 1 aliphatic rings. The van der Waals surface area contributed by atoms with Crippen LogP contribution in [0.25, 0.3) is 17.5 Å². The molecule has 1 aliphatic heterocycles. The van der Waals surface area contributed by atoms with Gasteiger partial charge < -0.3 is 9.47 Å². The standard InChI is InChI=1S/C19H21ClGeN4O4S.C15H20ClGeN3O3.C13H16ClGeN3O3.C12H22GeN2O3.C9H13NO3.C8H7Cl2NO2.C7H14GeN2O.C6H7NO2S.C4H11ClGe/c1-21(2,3)13-29-17-11-12-25(23-17)16-10-9-15(18(20)22-16)19(26)24-30(27,28)14-7-5-4-6-8-14;1-5-22-15(21)11-6-7-12(18-14(11)16)20-9-8-13(19-20)23-10-17(2,3)4;1-15(2,3)8-21-11-6-7-18(17-11)10-5-4-9(13(19)20)12(14)16-10;1-12(2,3)18-11(16)15-8-7-10(14-15)17-9-13(4,5)6;1-9(2,3)13-8(12)10-5-4-7(11)6-10;1-2-13-8(12)5-3-4-6(9)11-7(5)10;1-8(2,3)6-11-7-4-5-9-10-7;7-10(8,9)6-4-2-1-3-5-6;1-6(2,3)4-5/h4-12H,13H2,1-3H3,(H,24,26);6-9H,5,10H2,1-4H3;4-7H,8H2,1-3H3,(H,19,20);7-8H,9H2,1-6H3;4-5H,6H2,1-3H3;3-4H,2H2,1H3;4-5H,6H2,1-3H3,(H,9,10);1-5H,(H2,7,8,9);4H2,1-3H3. The summed E-state index contributed by atoms with van der Waals surface area (Å²) in [7, 11) is -7.52. The van der Waals surface area contributed by atoms with Crippen molar-refractivity contribution in [1.82, 2.24) is 78.9 Å². The van der Waals surface area contributed by atoms with Gasteiger partial charge >= 0.3 is 644 Å². The number of esters is 2. The van der Waals surface area contributed by atoms with Crippen LogP contribution in [0.3, 0.4) is 0 Å². The number of aromatic amines is 1. The molecule has 38 nitrogen and oxygen atoms in total. The molecule has 5 N–H and O–H groups in total. The third-order valence-electron chi connectivity index (χ3n) is 16.2. The molecule has 0 unspecified atom stereocenters. The number of carboxylic acids is 1. The van der Waals surface area contributed by atoms with E-state index in [-0.39, 0.29) is 76.7 Å². The summed E-state index contributed by atoms with van der Waals surface area (Å²) in [6.07, 6.45) is 10.2. The Hall–Kier alpha value is -9.02. The number of nitrogens with zero attached hydrogens (tertiary/aromatic N) is 14. The molecule has 0 saturated carbocycles. The van der Waals surface area contributed by atoms with Crippen LogP contribution in [0.5, 0.6) is 29.4 Å². The molecule has 0 spiro atoms. The van der Waals surface area contributed by atoms with Crippen LogP contribution in [-0.2, 0) is 43.8 Å². The molecule has 2 aromatic carbocycles. The normalized spacial score (nSPS) is 12.0. The number of ketones is 1. The third kappa shape index (κ3) is 52.6. The topological polar surface area (TPSA) is 484 Å². The number of carbonyl (C=O) groups excluding carboxylic acids is 6. The van der Waals surface area contributed by atoms with E-state index in [1.165, 1.54) is 81.1 Å². The van der Waals surface area contributed by atoms with Gasteiger partial charge in [0, 0.05) is 6.20 Å². The number of amides is 2. The van der Waals surface area contributed by atoms with Gasteiger partial charge in [-0.05, 0) is 77.1 Å².